The number of hydrogen-bond donors (Lipinski definition) is 3. The summed E-state index contributed by atoms with van der Waals surface area (Å²) >= 11 is 0. The number of nitrogens with zero attached hydrogens (tertiary/aromatic N) is 3. The topological polar surface area (TPSA) is 148 Å². The van der Waals surface area contributed by atoms with Gasteiger partial charge >= 0.3 is 0 Å². The molecule has 0 unspecified atom stereocenters. The molecular weight excluding hydrogens is 585 g/mol. The molecule has 40 heavy (non-hydrogen) atoms. The second kappa shape index (κ2) is 14.1. The Kier molecular flexibility index (Phi) is 11.1. The van der Waals surface area contributed by atoms with Crippen molar-refractivity contribution in [3.8, 4) is 23.0 Å². The number of amides is 1. The molecule has 2 aromatic heterocycles. The Labute approximate surface area is 260 Å². The van der Waals surface area contributed by atoms with Crippen molar-refractivity contribution in [2.75, 3.05) is 39.7 Å². The summed E-state index contributed by atoms with van der Waals surface area (Å²) in [4.78, 5) is 15.1. The van der Waals surface area contributed by atoms with Gasteiger partial charge in [-0.2, -0.15) is 12.4 Å². The third-order valence-corrected chi connectivity index (χ3v) is 7.29. The van der Waals surface area contributed by atoms with E-state index in [-0.39, 0.29) is 43.8 Å². The van der Waals surface area contributed by atoms with Crippen LogP contribution in [0.2, 0.25) is 0 Å². The molecule has 3 heterocycles. The largest absolute Gasteiger partial charge is 0.810 e. The van der Waals surface area contributed by atoms with Gasteiger partial charge in [0, 0.05) is 55.4 Å². The molecule has 1 saturated carbocycles. The number of aryl methyl sites for hydroxylation is 1. The molecule has 3 aromatic rings. The number of carbonyl (C=O) groups is 1. The number of nitrogens with one attached hydrogen (secondary N) is 2. The minimum absolute atomic E-state index is 0. The van der Waals surface area contributed by atoms with Crippen molar-refractivity contribution >= 4 is 28.7 Å². The monoisotopic (exact) mass is 621 g/mol. The number of aromatic nitrogens is 1. The Morgan fingerprint density at radius 1 is 1.20 bits per heavy atom. The predicted octanol–water partition coefficient (Wildman–Crippen LogP) is 4.76. The molecule has 2 fully saturated rings. The van der Waals surface area contributed by atoms with Gasteiger partial charge < -0.3 is 41.0 Å². The predicted molar refractivity (Wildman–Crippen MR) is 154 cm³/mol. The van der Waals surface area contributed by atoms with Gasteiger partial charge in [-0.25, -0.2) is 4.98 Å². The van der Waals surface area contributed by atoms with Gasteiger partial charge in [0.15, 0.2) is 17.3 Å². The van der Waals surface area contributed by atoms with Gasteiger partial charge in [-0.15, -0.1) is 7.05 Å². The number of carbonyl (C=O) groups excluding carboxylic acids is 1. The molecule has 11 heteroatoms. The molecule has 1 radical (unpaired) electrons. The van der Waals surface area contributed by atoms with Crippen LogP contribution in [0.25, 0.3) is 33.1 Å². The quantitative estimate of drug-likeness (QED) is 0.231. The van der Waals surface area contributed by atoms with Crippen molar-refractivity contribution in [3.63, 3.8) is 0 Å². The van der Waals surface area contributed by atoms with E-state index in [0.717, 1.165) is 46.9 Å². The number of furan rings is 1. The van der Waals surface area contributed by atoms with Crippen LogP contribution in [0.15, 0.2) is 46.5 Å². The maximum atomic E-state index is 10.2. The number of piperidine rings is 1. The zero-order valence-electron chi connectivity index (χ0n) is 23.5. The Morgan fingerprint density at radius 3 is 2.38 bits per heavy atom. The molecule has 5 rings (SSSR count). The first-order chi connectivity index (χ1) is 18.8. The maximum Gasteiger partial charge on any atom is 0.244 e. The summed E-state index contributed by atoms with van der Waals surface area (Å²) in [6.45, 7) is 4.16. The van der Waals surface area contributed by atoms with Crippen molar-refractivity contribution in [1.82, 2.24) is 10.3 Å². The van der Waals surface area contributed by atoms with Crippen LogP contribution in [-0.4, -0.2) is 57.0 Å². The number of methoxy groups -OCH3 is 2. The van der Waals surface area contributed by atoms with E-state index in [4.69, 9.17) is 30.0 Å². The number of benzene rings is 1. The Hall–Kier alpha value is -2.95. The van der Waals surface area contributed by atoms with Gasteiger partial charge in [-0.05, 0) is 81.5 Å². The number of rotatable bonds is 9. The molecule has 2 aliphatic rings. The van der Waals surface area contributed by atoms with Gasteiger partial charge in [0.05, 0.1) is 19.7 Å². The van der Waals surface area contributed by atoms with Crippen LogP contribution < -0.4 is 25.8 Å². The molecular formula is C29H36N6O4Y-2. The fourth-order valence-electron chi connectivity index (χ4n) is 5.07. The number of fused-ring (bicyclic) bond motifs is 1. The zero-order chi connectivity index (χ0) is 28.0. The van der Waals surface area contributed by atoms with Crippen molar-refractivity contribution in [2.45, 2.75) is 38.1 Å². The summed E-state index contributed by atoms with van der Waals surface area (Å²) in [6, 6.07) is 10.0. The molecule has 1 amide bonds. The van der Waals surface area contributed by atoms with Crippen LogP contribution in [0.1, 0.15) is 31.4 Å². The standard InChI is InChI=1S/C24H29N3O3.C5H8N3O.Y/c1-15-4-5-21(30-15)20-13-19(27-24(8-9-24)16-6-10-25-11-7-16)17-12-22(28-2)23(29-3)14-18(17)26-20;1-8-3-4(2-6)5(7)9;/h4-5,12-14,16,25H,6-11H2,1-3H3,(H,26,27);2-3H,1H3,(H3-,6,7,8,9);/q;-1;/p-1. The molecule has 1 saturated heterocycles. The van der Waals surface area contributed by atoms with Crippen LogP contribution in [0.3, 0.4) is 0 Å². The molecule has 1 aliphatic heterocycles. The molecule has 0 atom stereocenters. The van der Waals surface area contributed by atoms with Crippen LogP contribution >= 0.6 is 0 Å². The summed E-state index contributed by atoms with van der Waals surface area (Å²) in [6.07, 6.45) is 6.67. The third kappa shape index (κ3) is 7.22. The van der Waals surface area contributed by atoms with Crippen molar-refractivity contribution in [1.29, 1.82) is 0 Å². The van der Waals surface area contributed by atoms with Crippen LogP contribution in [0.4, 0.5) is 5.69 Å². The Balaban J connectivity index is 0.000000384. The number of anilines is 1. The molecule has 0 bridgehead atoms. The minimum Gasteiger partial charge on any atom is -0.810 e. The maximum absolute atomic E-state index is 10.2. The summed E-state index contributed by atoms with van der Waals surface area (Å²) in [5.41, 5.74) is 7.73. The average Bonchev–Trinajstić information content (AvgIpc) is 3.61. The van der Waals surface area contributed by atoms with Crippen LogP contribution in [-0.2, 0) is 37.5 Å². The van der Waals surface area contributed by atoms with E-state index in [9.17, 15) is 4.79 Å². The fraction of sp³-hybridized carbons (Fsp3) is 0.414. The molecule has 1 aliphatic carbocycles. The number of pyridine rings is 1. The normalized spacial score (nSPS) is 16.1. The smallest absolute Gasteiger partial charge is 0.244 e. The number of primary amides is 1. The molecule has 0 spiro atoms. The molecule has 10 nitrogen and oxygen atoms in total. The number of ether oxygens (including phenoxy) is 2. The zero-order valence-corrected chi connectivity index (χ0v) is 26.3. The fourth-order valence-corrected chi connectivity index (χ4v) is 5.07. The van der Waals surface area contributed by atoms with E-state index in [0.29, 0.717) is 23.6 Å². The summed E-state index contributed by atoms with van der Waals surface area (Å²) in [7, 11) is 4.80. The molecule has 211 valence electrons. The van der Waals surface area contributed by atoms with E-state index >= 15 is 0 Å². The minimum atomic E-state index is -0.692. The van der Waals surface area contributed by atoms with Gasteiger partial charge in [0.25, 0.3) is 0 Å². The SMILES string of the molecule is COc1cc2nc(-c3ccc(C)o3)cc(NC3(C4CCNCC4)CC3)c2cc1OC.C[N-]/C=C(\C=[N-])C(N)=O.[Y]. The molecule has 1 aromatic carbocycles. The second-order valence-corrected chi connectivity index (χ2v) is 9.83. The third-order valence-electron chi connectivity index (χ3n) is 7.29. The Bertz CT molecular complexity index is 1360. The average molecular weight is 622 g/mol. The van der Waals surface area contributed by atoms with Gasteiger partial charge in [0.2, 0.25) is 5.91 Å². The Morgan fingerprint density at radius 2 is 1.88 bits per heavy atom. The van der Waals surface area contributed by atoms with Crippen LogP contribution in [0, 0.1) is 12.8 Å². The number of hydrogen-bond acceptors (Lipinski definition) is 7. The van der Waals surface area contributed by atoms with E-state index < -0.39 is 5.91 Å². The molecule has 4 N–H and O–H groups in total. The summed E-state index contributed by atoms with van der Waals surface area (Å²) in [5.74, 6) is 3.04. The van der Waals surface area contributed by atoms with E-state index in [1.807, 2.05) is 31.2 Å². The second-order valence-electron chi connectivity index (χ2n) is 9.83. The first-order valence-corrected chi connectivity index (χ1v) is 13.0. The van der Waals surface area contributed by atoms with E-state index in [1.165, 1.54) is 38.9 Å². The first kappa shape index (κ1) is 31.6. The van der Waals surface area contributed by atoms with Crippen molar-refractivity contribution in [2.24, 2.45) is 11.7 Å². The number of nitrogens with two attached hydrogens (primary N) is 1. The van der Waals surface area contributed by atoms with Gasteiger partial charge in [0.1, 0.15) is 11.5 Å². The van der Waals surface area contributed by atoms with Crippen molar-refractivity contribution in [3.05, 3.63) is 58.6 Å². The van der Waals surface area contributed by atoms with Crippen LogP contribution in [0.5, 0.6) is 11.5 Å². The summed E-state index contributed by atoms with van der Waals surface area (Å²) in [5, 5.41) is 20.2. The summed E-state index contributed by atoms with van der Waals surface area (Å²) < 4.78 is 17.0. The first-order valence-electron chi connectivity index (χ1n) is 13.0. The van der Waals surface area contributed by atoms with Gasteiger partial charge in [-0.3, -0.25) is 4.79 Å². The van der Waals surface area contributed by atoms with Gasteiger partial charge in [-0.1, -0.05) is 0 Å². The van der Waals surface area contributed by atoms with E-state index in [1.54, 1.807) is 14.2 Å². The van der Waals surface area contributed by atoms with E-state index in [2.05, 4.69) is 22.0 Å². The van der Waals surface area contributed by atoms with Crippen molar-refractivity contribution < 1.29 is 51.4 Å².